The summed E-state index contributed by atoms with van der Waals surface area (Å²) in [6, 6.07) is 11.3. The zero-order chi connectivity index (χ0) is 16.1. The van der Waals surface area contributed by atoms with E-state index in [4.69, 9.17) is 10.5 Å². The summed E-state index contributed by atoms with van der Waals surface area (Å²) in [5, 5.41) is 17.5. The highest BCUT2D eigenvalue weighted by molar-refractivity contribution is 6.00. The molecule has 1 saturated heterocycles. The normalized spacial score (nSPS) is 17.0. The van der Waals surface area contributed by atoms with Crippen LogP contribution in [0.2, 0.25) is 0 Å². The number of amides is 2. The minimum Gasteiger partial charge on any atom is -0.316 e. The van der Waals surface area contributed by atoms with Crippen LogP contribution in [0, 0.1) is 35.5 Å². The van der Waals surface area contributed by atoms with Crippen molar-refractivity contribution in [3.8, 4) is 12.1 Å². The second-order valence-electron chi connectivity index (χ2n) is 5.20. The van der Waals surface area contributed by atoms with Gasteiger partial charge in [0.1, 0.15) is 13.1 Å². The molecule has 0 spiro atoms. The predicted octanol–water partition coefficient (Wildman–Crippen LogP) is 1.22. The molecule has 0 N–H and O–H groups in total. The van der Waals surface area contributed by atoms with E-state index in [2.05, 4.69) is 0 Å². The van der Waals surface area contributed by atoms with Gasteiger partial charge in [0.25, 0.3) is 0 Å². The van der Waals surface area contributed by atoms with E-state index in [1.165, 1.54) is 4.90 Å². The second kappa shape index (κ2) is 6.73. The van der Waals surface area contributed by atoms with Crippen LogP contribution in [0.5, 0.6) is 0 Å². The third kappa shape index (κ3) is 3.07. The maximum Gasteiger partial charge on any atom is 0.229 e. The van der Waals surface area contributed by atoms with Crippen LogP contribution in [0.15, 0.2) is 24.3 Å². The molecule has 0 bridgehead atoms. The largest absolute Gasteiger partial charge is 0.316 e. The van der Waals surface area contributed by atoms with Crippen molar-refractivity contribution in [2.75, 3.05) is 24.5 Å². The Morgan fingerprint density at radius 1 is 1.32 bits per heavy atom. The summed E-state index contributed by atoms with van der Waals surface area (Å²) in [4.78, 5) is 27.4. The highest BCUT2D eigenvalue weighted by Gasteiger charge is 2.37. The van der Waals surface area contributed by atoms with Gasteiger partial charge in [0.05, 0.1) is 18.1 Å². The molecule has 1 heterocycles. The average molecular weight is 296 g/mol. The molecule has 1 fully saturated rings. The molecule has 0 unspecified atom stereocenters. The van der Waals surface area contributed by atoms with E-state index >= 15 is 0 Å². The van der Waals surface area contributed by atoms with Gasteiger partial charge in [-0.15, -0.1) is 0 Å². The molecule has 0 aliphatic carbocycles. The van der Waals surface area contributed by atoms with Crippen molar-refractivity contribution in [3.63, 3.8) is 0 Å². The van der Waals surface area contributed by atoms with Crippen molar-refractivity contribution >= 4 is 17.5 Å². The lowest BCUT2D eigenvalue weighted by Gasteiger charge is -2.21. The van der Waals surface area contributed by atoms with E-state index in [-0.39, 0.29) is 37.9 Å². The summed E-state index contributed by atoms with van der Waals surface area (Å²) in [5.74, 6) is -0.928. The number of aryl methyl sites for hydroxylation is 1. The first-order valence-corrected chi connectivity index (χ1v) is 6.97. The molecule has 1 aromatic carbocycles. The summed E-state index contributed by atoms with van der Waals surface area (Å²) >= 11 is 0. The number of hydrogen-bond acceptors (Lipinski definition) is 4. The third-order valence-electron chi connectivity index (χ3n) is 3.72. The van der Waals surface area contributed by atoms with Gasteiger partial charge in [-0.25, -0.2) is 0 Å². The Morgan fingerprint density at radius 2 is 1.95 bits per heavy atom. The number of nitrogens with zero attached hydrogens (tertiary/aromatic N) is 4. The average Bonchev–Trinajstić information content (AvgIpc) is 2.88. The van der Waals surface area contributed by atoms with E-state index in [9.17, 15) is 9.59 Å². The van der Waals surface area contributed by atoms with Crippen LogP contribution >= 0.6 is 0 Å². The molecular formula is C16H16N4O2. The Kier molecular flexibility index (Phi) is 4.75. The van der Waals surface area contributed by atoms with Gasteiger partial charge in [0.15, 0.2) is 0 Å². The fourth-order valence-electron chi connectivity index (χ4n) is 2.61. The quantitative estimate of drug-likeness (QED) is 0.782. The molecule has 0 aromatic heterocycles. The van der Waals surface area contributed by atoms with Crippen LogP contribution in [-0.4, -0.2) is 36.3 Å². The number of hydrogen-bond donors (Lipinski definition) is 0. The number of nitriles is 2. The molecule has 2 rings (SSSR count). The van der Waals surface area contributed by atoms with Crippen LogP contribution in [0.25, 0.3) is 0 Å². The van der Waals surface area contributed by atoms with Crippen LogP contribution in [-0.2, 0) is 9.59 Å². The van der Waals surface area contributed by atoms with E-state index in [1.54, 1.807) is 4.90 Å². The Morgan fingerprint density at radius 3 is 2.55 bits per heavy atom. The monoisotopic (exact) mass is 296 g/mol. The molecule has 2 amide bonds. The number of rotatable bonds is 4. The van der Waals surface area contributed by atoms with Crippen molar-refractivity contribution in [1.82, 2.24) is 4.90 Å². The standard InChI is InChI=1S/C16H16N4O2/c1-12-4-2-3-5-14(12)20-11-13(10-15(20)21)16(22)19(8-6-17)9-7-18/h2-5,13H,8-11H2,1H3/t13-/m0/s1. The second-order valence-corrected chi connectivity index (χ2v) is 5.20. The molecule has 1 aliphatic heterocycles. The Labute approximate surface area is 129 Å². The molecule has 0 saturated carbocycles. The number of benzene rings is 1. The lowest BCUT2D eigenvalue weighted by Crippen LogP contribution is -2.38. The smallest absolute Gasteiger partial charge is 0.229 e. The fourth-order valence-corrected chi connectivity index (χ4v) is 2.61. The van der Waals surface area contributed by atoms with Gasteiger partial charge in [-0.05, 0) is 18.6 Å². The summed E-state index contributed by atoms with van der Waals surface area (Å²) in [5.41, 5.74) is 1.77. The van der Waals surface area contributed by atoms with E-state index in [0.29, 0.717) is 0 Å². The third-order valence-corrected chi connectivity index (χ3v) is 3.72. The predicted molar refractivity (Wildman–Crippen MR) is 79.4 cm³/mol. The molecular weight excluding hydrogens is 280 g/mol. The van der Waals surface area contributed by atoms with Crippen LogP contribution in [0.1, 0.15) is 12.0 Å². The number of carbonyl (C=O) groups excluding carboxylic acids is 2. The number of para-hydroxylation sites is 1. The summed E-state index contributed by atoms with van der Waals surface area (Å²) in [7, 11) is 0. The van der Waals surface area contributed by atoms with E-state index in [0.717, 1.165) is 11.3 Å². The molecule has 1 aromatic rings. The Bertz CT molecular complexity index is 655. The minimum atomic E-state index is -0.506. The summed E-state index contributed by atoms with van der Waals surface area (Å²) in [6.07, 6.45) is 0.112. The topological polar surface area (TPSA) is 88.2 Å². The van der Waals surface area contributed by atoms with Crippen molar-refractivity contribution in [2.45, 2.75) is 13.3 Å². The van der Waals surface area contributed by atoms with Crippen LogP contribution in [0.3, 0.4) is 0 Å². The molecule has 1 aliphatic rings. The fraction of sp³-hybridized carbons (Fsp3) is 0.375. The van der Waals surface area contributed by atoms with E-state index < -0.39 is 5.92 Å². The molecule has 0 radical (unpaired) electrons. The maximum atomic E-state index is 12.4. The van der Waals surface area contributed by atoms with Crippen molar-refractivity contribution in [1.29, 1.82) is 10.5 Å². The zero-order valence-electron chi connectivity index (χ0n) is 12.3. The van der Waals surface area contributed by atoms with Gasteiger partial charge in [-0.3, -0.25) is 9.59 Å². The SMILES string of the molecule is Cc1ccccc1N1C[C@@H](C(=O)N(CC#N)CC#N)CC1=O. The molecule has 6 heteroatoms. The lowest BCUT2D eigenvalue weighted by atomic mass is 10.1. The number of carbonyl (C=O) groups is 2. The van der Waals surface area contributed by atoms with E-state index in [1.807, 2.05) is 43.3 Å². The lowest BCUT2D eigenvalue weighted by molar-refractivity contribution is -0.134. The van der Waals surface area contributed by atoms with Gasteiger partial charge in [-0.1, -0.05) is 18.2 Å². The van der Waals surface area contributed by atoms with Crippen LogP contribution in [0.4, 0.5) is 5.69 Å². The Balaban J connectivity index is 2.15. The number of anilines is 1. The first-order chi connectivity index (χ1) is 10.6. The molecule has 1 atom stereocenters. The van der Waals surface area contributed by atoms with Gasteiger partial charge < -0.3 is 9.80 Å². The van der Waals surface area contributed by atoms with Crippen LogP contribution < -0.4 is 4.90 Å². The molecule has 6 nitrogen and oxygen atoms in total. The molecule has 22 heavy (non-hydrogen) atoms. The van der Waals surface area contributed by atoms with Crippen molar-refractivity contribution < 1.29 is 9.59 Å². The zero-order valence-corrected chi connectivity index (χ0v) is 12.3. The van der Waals surface area contributed by atoms with Gasteiger partial charge in [-0.2, -0.15) is 10.5 Å². The highest BCUT2D eigenvalue weighted by Crippen LogP contribution is 2.28. The van der Waals surface area contributed by atoms with Crippen molar-refractivity contribution in [3.05, 3.63) is 29.8 Å². The maximum absolute atomic E-state index is 12.4. The summed E-state index contributed by atoms with van der Waals surface area (Å²) in [6.45, 7) is 1.92. The minimum absolute atomic E-state index is 0.110. The van der Waals surface area contributed by atoms with Gasteiger partial charge in [0.2, 0.25) is 11.8 Å². The Hall–Kier alpha value is -2.86. The van der Waals surface area contributed by atoms with Gasteiger partial charge >= 0.3 is 0 Å². The summed E-state index contributed by atoms with van der Waals surface area (Å²) < 4.78 is 0. The van der Waals surface area contributed by atoms with Crippen molar-refractivity contribution in [2.24, 2.45) is 5.92 Å². The highest BCUT2D eigenvalue weighted by atomic mass is 16.2. The molecule has 112 valence electrons. The van der Waals surface area contributed by atoms with Gasteiger partial charge in [0, 0.05) is 18.7 Å². The first-order valence-electron chi connectivity index (χ1n) is 6.97. The first kappa shape index (κ1) is 15.5.